The lowest BCUT2D eigenvalue weighted by Crippen LogP contribution is -2.31. The molecule has 1 amide bonds. The van der Waals surface area contributed by atoms with Crippen LogP contribution in [0.5, 0.6) is 0 Å². The Morgan fingerprint density at radius 1 is 0.933 bits per heavy atom. The highest BCUT2D eigenvalue weighted by Crippen LogP contribution is 2.24. The van der Waals surface area contributed by atoms with Crippen LogP contribution in [0.25, 0.3) is 0 Å². The van der Waals surface area contributed by atoms with E-state index in [1.165, 1.54) is 4.31 Å². The van der Waals surface area contributed by atoms with Gasteiger partial charge in [-0.05, 0) is 61.0 Å². The van der Waals surface area contributed by atoms with Crippen LogP contribution in [0.4, 0.5) is 5.69 Å². The van der Waals surface area contributed by atoms with Gasteiger partial charge in [-0.3, -0.25) is 9.10 Å². The van der Waals surface area contributed by atoms with Crippen molar-refractivity contribution in [2.75, 3.05) is 17.9 Å². The molecule has 0 atom stereocenters. The molecule has 30 heavy (non-hydrogen) atoms. The SMILES string of the molecule is CCN(c1ccc(C(=O)N(C)Cc2cccc(Cl)c2)cc1)S(=O)(=O)c1ccccc1. The Morgan fingerprint density at radius 3 is 2.20 bits per heavy atom. The number of sulfonamides is 1. The number of hydrogen-bond acceptors (Lipinski definition) is 3. The molecule has 0 radical (unpaired) electrons. The Labute approximate surface area is 182 Å². The van der Waals surface area contributed by atoms with Gasteiger partial charge in [0.05, 0.1) is 10.6 Å². The van der Waals surface area contributed by atoms with Crippen LogP contribution in [0.2, 0.25) is 5.02 Å². The number of benzene rings is 3. The average Bonchev–Trinajstić information content (AvgIpc) is 2.74. The highest BCUT2D eigenvalue weighted by atomic mass is 35.5. The lowest BCUT2D eigenvalue weighted by atomic mass is 10.1. The van der Waals surface area contributed by atoms with E-state index in [9.17, 15) is 13.2 Å². The number of carbonyl (C=O) groups is 1. The minimum Gasteiger partial charge on any atom is -0.337 e. The molecule has 3 aromatic rings. The first-order chi connectivity index (χ1) is 14.3. The molecule has 5 nitrogen and oxygen atoms in total. The van der Waals surface area contributed by atoms with Crippen LogP contribution in [0.3, 0.4) is 0 Å². The fourth-order valence-electron chi connectivity index (χ4n) is 3.18. The van der Waals surface area contributed by atoms with Gasteiger partial charge < -0.3 is 4.90 Å². The van der Waals surface area contributed by atoms with Crippen molar-refractivity contribution in [2.45, 2.75) is 18.4 Å². The minimum absolute atomic E-state index is 0.157. The van der Waals surface area contributed by atoms with E-state index in [1.807, 2.05) is 18.2 Å². The Morgan fingerprint density at radius 2 is 1.60 bits per heavy atom. The molecule has 0 bridgehead atoms. The summed E-state index contributed by atoms with van der Waals surface area (Å²) >= 11 is 6.01. The standard InChI is InChI=1S/C23H23ClN2O3S/c1-3-26(30(28,29)22-10-5-4-6-11-22)21-14-12-19(13-15-21)23(27)25(2)17-18-8-7-9-20(24)16-18/h4-16H,3,17H2,1-2H3. The summed E-state index contributed by atoms with van der Waals surface area (Å²) in [6.07, 6.45) is 0. The van der Waals surface area contributed by atoms with E-state index < -0.39 is 10.0 Å². The zero-order valence-electron chi connectivity index (χ0n) is 16.8. The van der Waals surface area contributed by atoms with Gasteiger partial charge in [-0.15, -0.1) is 0 Å². The molecule has 0 fully saturated rings. The highest BCUT2D eigenvalue weighted by molar-refractivity contribution is 7.92. The maximum atomic E-state index is 13.0. The normalized spacial score (nSPS) is 11.2. The van der Waals surface area contributed by atoms with Crippen molar-refractivity contribution in [3.63, 3.8) is 0 Å². The molecule has 0 aliphatic heterocycles. The third-order valence-electron chi connectivity index (χ3n) is 4.68. The summed E-state index contributed by atoms with van der Waals surface area (Å²) in [4.78, 5) is 14.6. The van der Waals surface area contributed by atoms with Crippen LogP contribution >= 0.6 is 11.6 Å². The van der Waals surface area contributed by atoms with Crippen molar-refractivity contribution < 1.29 is 13.2 Å². The molecule has 3 rings (SSSR count). The Balaban J connectivity index is 1.78. The number of carbonyl (C=O) groups excluding carboxylic acids is 1. The topological polar surface area (TPSA) is 57.7 Å². The zero-order valence-corrected chi connectivity index (χ0v) is 18.4. The van der Waals surface area contributed by atoms with E-state index in [4.69, 9.17) is 11.6 Å². The quantitative estimate of drug-likeness (QED) is 0.526. The van der Waals surface area contributed by atoms with Gasteiger partial charge in [0.1, 0.15) is 0 Å². The smallest absolute Gasteiger partial charge is 0.264 e. The maximum Gasteiger partial charge on any atom is 0.264 e. The third kappa shape index (κ3) is 4.83. The van der Waals surface area contributed by atoms with Gasteiger partial charge in [0.25, 0.3) is 15.9 Å². The van der Waals surface area contributed by atoms with Gasteiger partial charge in [-0.25, -0.2) is 8.42 Å². The molecule has 0 saturated carbocycles. The lowest BCUT2D eigenvalue weighted by Gasteiger charge is -2.23. The summed E-state index contributed by atoms with van der Waals surface area (Å²) in [5.41, 5.74) is 1.92. The predicted molar refractivity (Wildman–Crippen MR) is 120 cm³/mol. The summed E-state index contributed by atoms with van der Waals surface area (Å²) in [7, 11) is -1.96. The average molecular weight is 443 g/mol. The number of rotatable bonds is 7. The van der Waals surface area contributed by atoms with Crippen LogP contribution in [-0.2, 0) is 16.6 Å². The number of hydrogen-bond donors (Lipinski definition) is 0. The van der Waals surface area contributed by atoms with Gasteiger partial charge in [-0.2, -0.15) is 0 Å². The first kappa shape index (κ1) is 21.9. The van der Waals surface area contributed by atoms with Gasteiger partial charge in [-0.1, -0.05) is 41.9 Å². The van der Waals surface area contributed by atoms with Crippen LogP contribution < -0.4 is 4.31 Å². The van der Waals surface area contributed by atoms with Crippen molar-refractivity contribution in [3.05, 3.63) is 95.0 Å². The molecule has 0 N–H and O–H groups in total. The summed E-state index contributed by atoms with van der Waals surface area (Å²) in [6.45, 7) is 2.47. The Hall–Kier alpha value is -2.83. The first-order valence-corrected chi connectivity index (χ1v) is 11.3. The van der Waals surface area contributed by atoms with Crippen molar-refractivity contribution >= 4 is 33.2 Å². The Bertz CT molecular complexity index is 1120. The summed E-state index contributed by atoms with van der Waals surface area (Å²) in [6, 6.07) is 22.3. The van der Waals surface area contributed by atoms with Gasteiger partial charge in [0.2, 0.25) is 0 Å². The first-order valence-electron chi connectivity index (χ1n) is 9.50. The molecule has 0 heterocycles. The van der Waals surface area contributed by atoms with Crippen molar-refractivity contribution in [1.29, 1.82) is 0 Å². The predicted octanol–water partition coefficient (Wildman–Crippen LogP) is 4.83. The number of nitrogens with zero attached hydrogens (tertiary/aromatic N) is 2. The largest absolute Gasteiger partial charge is 0.337 e. The summed E-state index contributed by atoms with van der Waals surface area (Å²) < 4.78 is 27.2. The van der Waals surface area contributed by atoms with Crippen LogP contribution in [-0.4, -0.2) is 32.8 Å². The van der Waals surface area contributed by atoms with E-state index in [2.05, 4.69) is 0 Å². The van der Waals surface area contributed by atoms with E-state index in [-0.39, 0.29) is 17.3 Å². The second-order valence-corrected chi connectivity index (χ2v) is 9.12. The molecule has 3 aromatic carbocycles. The molecule has 0 aliphatic rings. The van der Waals surface area contributed by atoms with E-state index in [0.29, 0.717) is 22.8 Å². The molecule has 0 aliphatic carbocycles. The molecule has 156 valence electrons. The second kappa shape index (κ2) is 9.32. The molecular weight excluding hydrogens is 420 g/mol. The zero-order chi connectivity index (χ0) is 21.7. The molecule has 7 heteroatoms. The van der Waals surface area contributed by atoms with Crippen molar-refractivity contribution in [2.24, 2.45) is 0 Å². The van der Waals surface area contributed by atoms with Gasteiger partial charge in [0, 0.05) is 30.7 Å². The monoisotopic (exact) mass is 442 g/mol. The fourth-order valence-corrected chi connectivity index (χ4v) is 4.89. The van der Waals surface area contributed by atoms with E-state index >= 15 is 0 Å². The molecular formula is C23H23ClN2O3S. The van der Waals surface area contributed by atoms with Crippen LogP contribution in [0, 0.1) is 0 Å². The number of anilines is 1. The Kier molecular flexibility index (Phi) is 6.80. The second-order valence-electron chi connectivity index (χ2n) is 6.82. The number of halogens is 1. The van der Waals surface area contributed by atoms with Crippen molar-refractivity contribution in [3.8, 4) is 0 Å². The third-order valence-corrected chi connectivity index (χ3v) is 6.83. The summed E-state index contributed by atoms with van der Waals surface area (Å²) in [5.74, 6) is -0.157. The highest BCUT2D eigenvalue weighted by Gasteiger charge is 2.23. The molecule has 0 spiro atoms. The lowest BCUT2D eigenvalue weighted by molar-refractivity contribution is 0.0785. The molecule has 0 saturated heterocycles. The fraction of sp³-hybridized carbons (Fsp3) is 0.174. The van der Waals surface area contributed by atoms with Crippen LogP contribution in [0.15, 0.2) is 83.8 Å². The van der Waals surface area contributed by atoms with Gasteiger partial charge >= 0.3 is 0 Å². The summed E-state index contributed by atoms with van der Waals surface area (Å²) in [5, 5.41) is 0.622. The van der Waals surface area contributed by atoms with Gasteiger partial charge in [0.15, 0.2) is 0 Å². The molecule has 0 unspecified atom stereocenters. The number of amides is 1. The maximum absolute atomic E-state index is 13.0. The van der Waals surface area contributed by atoms with E-state index in [1.54, 1.807) is 79.5 Å². The van der Waals surface area contributed by atoms with Crippen LogP contribution in [0.1, 0.15) is 22.8 Å². The molecule has 0 aromatic heterocycles. The van der Waals surface area contributed by atoms with E-state index in [0.717, 1.165) is 5.56 Å². The van der Waals surface area contributed by atoms with Crippen molar-refractivity contribution in [1.82, 2.24) is 4.90 Å². The minimum atomic E-state index is -3.67.